The van der Waals surface area contributed by atoms with Crippen LogP contribution in [0.1, 0.15) is 150 Å². The van der Waals surface area contributed by atoms with E-state index in [1.807, 2.05) is 30.3 Å². The molecular formula is C46H69NO3. The van der Waals surface area contributed by atoms with Gasteiger partial charge in [-0.1, -0.05) is 90.4 Å². The summed E-state index contributed by atoms with van der Waals surface area (Å²) in [5, 5.41) is 15.2. The van der Waals surface area contributed by atoms with Gasteiger partial charge < -0.3 is 15.2 Å². The van der Waals surface area contributed by atoms with E-state index in [2.05, 4.69) is 59.0 Å². The molecule has 1 aromatic rings. The molecule has 0 bridgehead atoms. The molecule has 0 aliphatic heterocycles. The Morgan fingerprint density at radius 3 is 2.40 bits per heavy atom. The van der Waals surface area contributed by atoms with E-state index in [1.165, 1.54) is 69.8 Å². The fraction of sp³-hybridized carbons (Fsp3) is 0.761. The van der Waals surface area contributed by atoms with Crippen LogP contribution in [-0.4, -0.2) is 28.8 Å². The summed E-state index contributed by atoms with van der Waals surface area (Å²) in [5.74, 6) is 3.66. The monoisotopic (exact) mass is 684 g/mol. The van der Waals surface area contributed by atoms with Gasteiger partial charge in [-0.2, -0.15) is 0 Å². The molecule has 0 heterocycles. The fourth-order valence-electron chi connectivity index (χ4n) is 13.8. The van der Waals surface area contributed by atoms with Crippen molar-refractivity contribution in [2.45, 2.75) is 162 Å². The molecule has 50 heavy (non-hydrogen) atoms. The summed E-state index contributed by atoms with van der Waals surface area (Å²) >= 11 is 0. The Labute approximate surface area is 304 Å². The van der Waals surface area contributed by atoms with Crippen molar-refractivity contribution in [2.24, 2.45) is 51.8 Å². The molecule has 1 aromatic carbocycles. The standard InChI is InChI=1S/C46H69NO3/c1-7-45(49,8-2)29-30-47-46-24-12-15-39(46)38-20-21-40-42(4)25-22-36(32(3)37(42)23-26-44(40,6)43(38,5)27-28-46)34-16-18-35(19-17-34)41(48)50-31-33-13-10-9-11-14-33/h9-11,13-14,16,22,32,35,37-40,47,49H,7-8,12,15,17-21,23-31H2,1-6H3/t32?,35?,37?,38?,39-,40?,42?,43-,44?,46?/m1/s1. The number of fused-ring (bicyclic) bond motifs is 7. The minimum atomic E-state index is -0.515. The first-order valence-electron chi connectivity index (χ1n) is 21.0. The van der Waals surface area contributed by atoms with E-state index in [0.717, 1.165) is 74.3 Å². The molecule has 4 fully saturated rings. The zero-order chi connectivity index (χ0) is 35.4. The molecule has 0 saturated heterocycles. The zero-order valence-electron chi connectivity index (χ0n) is 32.5. The molecule has 0 amide bonds. The predicted molar refractivity (Wildman–Crippen MR) is 204 cm³/mol. The fourth-order valence-corrected chi connectivity index (χ4v) is 13.8. The molecule has 0 radical (unpaired) electrons. The highest BCUT2D eigenvalue weighted by Crippen LogP contribution is 2.75. The second-order valence-electron chi connectivity index (χ2n) is 18.9. The van der Waals surface area contributed by atoms with Crippen LogP contribution in [-0.2, 0) is 16.1 Å². The van der Waals surface area contributed by atoms with E-state index in [-0.39, 0.29) is 11.9 Å². The first-order valence-corrected chi connectivity index (χ1v) is 21.0. The number of hydrogen-bond donors (Lipinski definition) is 2. The average Bonchev–Trinajstić information content (AvgIpc) is 3.55. The molecular weight excluding hydrogens is 615 g/mol. The lowest BCUT2D eigenvalue weighted by Gasteiger charge is -2.71. The second-order valence-corrected chi connectivity index (χ2v) is 18.9. The van der Waals surface area contributed by atoms with Crippen LogP contribution in [0.4, 0.5) is 0 Å². The molecule has 7 rings (SSSR count). The summed E-state index contributed by atoms with van der Waals surface area (Å²) in [6, 6.07) is 10.0. The van der Waals surface area contributed by atoms with Gasteiger partial charge >= 0.3 is 5.97 Å². The van der Waals surface area contributed by atoms with Gasteiger partial charge in [0.15, 0.2) is 0 Å². The number of carbonyl (C=O) groups is 1. The smallest absolute Gasteiger partial charge is 0.309 e. The van der Waals surface area contributed by atoms with Gasteiger partial charge in [0.25, 0.3) is 0 Å². The van der Waals surface area contributed by atoms with Crippen molar-refractivity contribution < 1.29 is 14.6 Å². The Hall–Kier alpha value is -1.91. The molecule has 8 unspecified atom stereocenters. The Kier molecular flexibility index (Phi) is 10.1. The van der Waals surface area contributed by atoms with E-state index in [0.29, 0.717) is 34.3 Å². The molecule has 6 aliphatic rings. The van der Waals surface area contributed by atoms with Crippen molar-refractivity contribution in [3.8, 4) is 0 Å². The number of ether oxygens (including phenoxy) is 1. The van der Waals surface area contributed by atoms with Crippen LogP contribution in [0.5, 0.6) is 0 Å². The number of carbonyl (C=O) groups excluding carboxylic acids is 1. The lowest BCUT2D eigenvalue weighted by atomic mass is 9.34. The lowest BCUT2D eigenvalue weighted by molar-refractivity contribution is -0.212. The largest absolute Gasteiger partial charge is 0.461 e. The highest BCUT2D eigenvalue weighted by atomic mass is 16.5. The minimum absolute atomic E-state index is 0.0150. The number of aliphatic hydroxyl groups is 1. The van der Waals surface area contributed by atoms with Crippen molar-refractivity contribution in [1.82, 2.24) is 5.32 Å². The normalized spacial score (nSPS) is 41.2. The molecule has 2 N–H and O–H groups in total. The van der Waals surface area contributed by atoms with Crippen molar-refractivity contribution in [3.63, 3.8) is 0 Å². The van der Waals surface area contributed by atoms with Gasteiger partial charge in [0, 0.05) is 5.54 Å². The Morgan fingerprint density at radius 1 is 0.900 bits per heavy atom. The van der Waals surface area contributed by atoms with Gasteiger partial charge in [-0.05, 0) is 165 Å². The summed E-state index contributed by atoms with van der Waals surface area (Å²) in [6.07, 6.45) is 23.9. The quantitative estimate of drug-likeness (QED) is 0.241. The molecule has 0 spiro atoms. The maximum absolute atomic E-state index is 12.9. The van der Waals surface area contributed by atoms with Crippen LogP contribution in [0.25, 0.3) is 0 Å². The van der Waals surface area contributed by atoms with Crippen molar-refractivity contribution in [3.05, 3.63) is 59.2 Å². The molecule has 10 atom stereocenters. The van der Waals surface area contributed by atoms with E-state index in [1.54, 1.807) is 5.57 Å². The molecule has 4 nitrogen and oxygen atoms in total. The van der Waals surface area contributed by atoms with Gasteiger partial charge in [0.1, 0.15) is 6.61 Å². The summed E-state index contributed by atoms with van der Waals surface area (Å²) in [4.78, 5) is 12.9. The highest BCUT2D eigenvalue weighted by molar-refractivity contribution is 5.73. The van der Waals surface area contributed by atoms with Gasteiger partial charge in [0.05, 0.1) is 11.5 Å². The number of allylic oxidation sites excluding steroid dienone is 4. The zero-order valence-corrected chi connectivity index (χ0v) is 32.5. The van der Waals surface area contributed by atoms with Crippen LogP contribution < -0.4 is 5.32 Å². The summed E-state index contributed by atoms with van der Waals surface area (Å²) in [5.41, 5.74) is 5.10. The summed E-state index contributed by atoms with van der Waals surface area (Å²) < 4.78 is 5.73. The summed E-state index contributed by atoms with van der Waals surface area (Å²) in [6.45, 7) is 16.4. The number of nitrogens with one attached hydrogen (secondary N) is 1. The van der Waals surface area contributed by atoms with E-state index < -0.39 is 5.60 Å². The lowest BCUT2D eigenvalue weighted by Crippen LogP contribution is -2.67. The first-order chi connectivity index (χ1) is 23.9. The van der Waals surface area contributed by atoms with Crippen LogP contribution in [0.3, 0.4) is 0 Å². The second kappa shape index (κ2) is 13.8. The first kappa shape index (κ1) is 36.4. The maximum atomic E-state index is 12.9. The average molecular weight is 684 g/mol. The van der Waals surface area contributed by atoms with Crippen LogP contribution >= 0.6 is 0 Å². The van der Waals surface area contributed by atoms with Crippen LogP contribution in [0.15, 0.2) is 53.6 Å². The topological polar surface area (TPSA) is 58.6 Å². The van der Waals surface area contributed by atoms with Gasteiger partial charge in [-0.3, -0.25) is 4.79 Å². The number of esters is 1. The van der Waals surface area contributed by atoms with Crippen molar-refractivity contribution in [1.29, 1.82) is 0 Å². The highest BCUT2D eigenvalue weighted by Gasteiger charge is 2.68. The molecule has 0 aromatic heterocycles. The molecule has 6 aliphatic carbocycles. The van der Waals surface area contributed by atoms with Gasteiger partial charge in [0.2, 0.25) is 0 Å². The SMILES string of the molecule is CCC(O)(CC)CCNC12CCC[C@@H]1C1CCC3C4(C)CC=C(C5=CCC(C(=O)OCc6ccccc6)CC5)C(C)C4CCC3(C)[C@]1(C)CC2. The number of hydrogen-bond acceptors (Lipinski definition) is 4. The number of rotatable bonds is 10. The molecule has 276 valence electrons. The molecule has 4 saturated carbocycles. The van der Waals surface area contributed by atoms with E-state index in [9.17, 15) is 9.90 Å². The van der Waals surface area contributed by atoms with Crippen LogP contribution in [0, 0.1) is 51.8 Å². The summed E-state index contributed by atoms with van der Waals surface area (Å²) in [7, 11) is 0. The maximum Gasteiger partial charge on any atom is 0.309 e. The van der Waals surface area contributed by atoms with Crippen LogP contribution in [0.2, 0.25) is 0 Å². The third kappa shape index (κ3) is 5.99. The van der Waals surface area contributed by atoms with Gasteiger partial charge in [-0.25, -0.2) is 0 Å². The predicted octanol–water partition coefficient (Wildman–Crippen LogP) is 10.7. The Balaban J connectivity index is 1.03. The van der Waals surface area contributed by atoms with Crippen molar-refractivity contribution >= 4 is 5.97 Å². The Morgan fingerprint density at radius 2 is 1.68 bits per heavy atom. The Bertz CT molecular complexity index is 1440. The number of benzene rings is 1. The third-order valence-electron chi connectivity index (χ3n) is 17.3. The van der Waals surface area contributed by atoms with E-state index in [4.69, 9.17) is 4.74 Å². The third-order valence-corrected chi connectivity index (χ3v) is 17.3. The van der Waals surface area contributed by atoms with Gasteiger partial charge in [-0.15, -0.1) is 0 Å². The van der Waals surface area contributed by atoms with Crippen molar-refractivity contribution in [2.75, 3.05) is 6.54 Å². The molecule has 4 heteroatoms. The van der Waals surface area contributed by atoms with E-state index >= 15 is 0 Å². The minimum Gasteiger partial charge on any atom is -0.461 e.